The molecule has 0 bridgehead atoms. The SMILES string of the molecule is COc1cc(F)c(-c2nnc(C)o2)cn1. The Balaban J connectivity index is 2.45. The molecule has 5 nitrogen and oxygen atoms in total. The molecule has 0 amide bonds. The molecule has 2 heterocycles. The molecule has 0 radical (unpaired) electrons. The molecule has 15 heavy (non-hydrogen) atoms. The number of methoxy groups -OCH3 is 1. The second-order valence-electron chi connectivity index (χ2n) is 2.83. The minimum atomic E-state index is -0.509. The first kappa shape index (κ1) is 9.57. The number of aryl methyl sites for hydroxylation is 1. The van der Waals surface area contributed by atoms with E-state index < -0.39 is 5.82 Å². The summed E-state index contributed by atoms with van der Waals surface area (Å²) in [5.41, 5.74) is 0.163. The normalized spacial score (nSPS) is 10.3. The third-order valence-corrected chi connectivity index (χ3v) is 1.79. The first-order chi connectivity index (χ1) is 7.20. The van der Waals surface area contributed by atoms with E-state index >= 15 is 0 Å². The van der Waals surface area contributed by atoms with E-state index in [-0.39, 0.29) is 17.3 Å². The number of hydrogen-bond acceptors (Lipinski definition) is 5. The topological polar surface area (TPSA) is 61.0 Å². The molecule has 0 aliphatic heterocycles. The van der Waals surface area contributed by atoms with E-state index in [9.17, 15) is 4.39 Å². The Hall–Kier alpha value is -1.98. The summed E-state index contributed by atoms with van der Waals surface area (Å²) >= 11 is 0. The van der Waals surface area contributed by atoms with Crippen LogP contribution in [0.2, 0.25) is 0 Å². The van der Waals surface area contributed by atoms with Gasteiger partial charge in [0, 0.05) is 19.2 Å². The molecule has 0 spiro atoms. The predicted molar refractivity (Wildman–Crippen MR) is 48.8 cm³/mol. The van der Waals surface area contributed by atoms with E-state index in [2.05, 4.69) is 15.2 Å². The fourth-order valence-electron chi connectivity index (χ4n) is 1.09. The molecule has 0 unspecified atom stereocenters. The van der Waals surface area contributed by atoms with Crippen molar-refractivity contribution < 1.29 is 13.5 Å². The lowest BCUT2D eigenvalue weighted by Crippen LogP contribution is -1.91. The molecule has 0 aromatic carbocycles. The van der Waals surface area contributed by atoms with Crippen LogP contribution in [0.1, 0.15) is 5.89 Å². The molecule has 6 heteroatoms. The van der Waals surface area contributed by atoms with Crippen LogP contribution in [0.25, 0.3) is 11.5 Å². The molecule has 0 saturated carbocycles. The third kappa shape index (κ3) is 1.78. The highest BCUT2D eigenvalue weighted by Gasteiger charge is 2.13. The van der Waals surface area contributed by atoms with Gasteiger partial charge in [-0.2, -0.15) is 0 Å². The highest BCUT2D eigenvalue weighted by molar-refractivity contribution is 5.52. The molecule has 2 rings (SSSR count). The Kier molecular flexibility index (Phi) is 2.32. The second-order valence-corrected chi connectivity index (χ2v) is 2.83. The number of aromatic nitrogens is 3. The molecule has 0 atom stereocenters. The molecule has 0 aliphatic rings. The van der Waals surface area contributed by atoms with Gasteiger partial charge in [-0.1, -0.05) is 0 Å². The number of rotatable bonds is 2. The number of hydrogen-bond donors (Lipinski definition) is 0. The molecule has 0 fully saturated rings. The molecule has 2 aromatic rings. The third-order valence-electron chi connectivity index (χ3n) is 1.79. The predicted octanol–water partition coefficient (Wildman–Crippen LogP) is 1.59. The van der Waals surface area contributed by atoms with E-state index in [4.69, 9.17) is 9.15 Å². The van der Waals surface area contributed by atoms with Crippen molar-refractivity contribution >= 4 is 0 Å². The van der Waals surface area contributed by atoms with Crippen LogP contribution in [-0.2, 0) is 0 Å². The molecular formula is C9H8FN3O2. The van der Waals surface area contributed by atoms with Crippen LogP contribution in [0.5, 0.6) is 5.88 Å². The Morgan fingerprint density at radius 3 is 2.73 bits per heavy atom. The molecule has 0 aliphatic carbocycles. The lowest BCUT2D eigenvalue weighted by atomic mass is 10.3. The van der Waals surface area contributed by atoms with Gasteiger partial charge in [-0.3, -0.25) is 0 Å². The van der Waals surface area contributed by atoms with Crippen molar-refractivity contribution in [3.8, 4) is 17.3 Å². The van der Waals surface area contributed by atoms with Gasteiger partial charge in [-0.05, 0) is 0 Å². The van der Waals surface area contributed by atoms with Gasteiger partial charge in [0.2, 0.25) is 11.8 Å². The maximum Gasteiger partial charge on any atom is 0.252 e. The Morgan fingerprint density at radius 2 is 2.20 bits per heavy atom. The van der Waals surface area contributed by atoms with Crippen molar-refractivity contribution in [3.05, 3.63) is 24.0 Å². The lowest BCUT2D eigenvalue weighted by Gasteiger charge is -2.00. The van der Waals surface area contributed by atoms with Crippen molar-refractivity contribution in [2.24, 2.45) is 0 Å². The first-order valence-corrected chi connectivity index (χ1v) is 4.20. The van der Waals surface area contributed by atoms with Crippen molar-refractivity contribution in [2.45, 2.75) is 6.92 Å². The Bertz CT molecular complexity index is 484. The van der Waals surface area contributed by atoms with Crippen molar-refractivity contribution in [3.63, 3.8) is 0 Å². The van der Waals surface area contributed by atoms with E-state index in [1.165, 1.54) is 13.3 Å². The summed E-state index contributed by atoms with van der Waals surface area (Å²) in [6, 6.07) is 1.16. The van der Waals surface area contributed by atoms with Gasteiger partial charge in [0.25, 0.3) is 5.89 Å². The van der Waals surface area contributed by atoms with Crippen LogP contribution < -0.4 is 4.74 Å². The number of halogens is 1. The standard InChI is InChI=1S/C9H8FN3O2/c1-5-12-13-9(15-5)6-4-11-8(14-2)3-7(6)10/h3-4H,1-2H3. The molecular weight excluding hydrogens is 201 g/mol. The van der Waals surface area contributed by atoms with Crippen LogP contribution in [0.15, 0.2) is 16.7 Å². The molecule has 0 N–H and O–H groups in total. The maximum atomic E-state index is 13.5. The van der Waals surface area contributed by atoms with Gasteiger partial charge in [-0.25, -0.2) is 9.37 Å². The minimum Gasteiger partial charge on any atom is -0.481 e. The quantitative estimate of drug-likeness (QED) is 0.751. The fourth-order valence-corrected chi connectivity index (χ4v) is 1.09. The molecule has 2 aromatic heterocycles. The summed E-state index contributed by atoms with van der Waals surface area (Å²) in [6.07, 6.45) is 1.29. The van der Waals surface area contributed by atoms with Crippen molar-refractivity contribution in [1.29, 1.82) is 0 Å². The largest absolute Gasteiger partial charge is 0.481 e. The van der Waals surface area contributed by atoms with E-state index in [0.717, 1.165) is 6.07 Å². The lowest BCUT2D eigenvalue weighted by molar-refractivity contribution is 0.394. The summed E-state index contributed by atoms with van der Waals surface area (Å²) in [5, 5.41) is 7.30. The maximum absolute atomic E-state index is 13.5. The number of nitrogens with zero attached hydrogens (tertiary/aromatic N) is 3. The number of ether oxygens (including phenoxy) is 1. The zero-order valence-electron chi connectivity index (χ0n) is 8.19. The Morgan fingerprint density at radius 1 is 1.40 bits per heavy atom. The monoisotopic (exact) mass is 209 g/mol. The van der Waals surface area contributed by atoms with E-state index in [1.54, 1.807) is 6.92 Å². The highest BCUT2D eigenvalue weighted by Crippen LogP contribution is 2.22. The Labute approximate surface area is 84.9 Å². The second kappa shape index (κ2) is 3.64. The summed E-state index contributed by atoms with van der Waals surface area (Å²) in [5.74, 6) is 0.179. The molecule has 0 saturated heterocycles. The zero-order chi connectivity index (χ0) is 10.8. The van der Waals surface area contributed by atoms with Gasteiger partial charge in [0.05, 0.1) is 12.7 Å². The first-order valence-electron chi connectivity index (χ1n) is 4.20. The summed E-state index contributed by atoms with van der Waals surface area (Å²) in [4.78, 5) is 3.85. The van der Waals surface area contributed by atoms with Gasteiger partial charge >= 0.3 is 0 Å². The summed E-state index contributed by atoms with van der Waals surface area (Å²) in [7, 11) is 1.41. The van der Waals surface area contributed by atoms with Crippen LogP contribution in [-0.4, -0.2) is 22.3 Å². The average molecular weight is 209 g/mol. The average Bonchev–Trinajstić information content (AvgIpc) is 2.64. The molecule has 78 valence electrons. The highest BCUT2D eigenvalue weighted by atomic mass is 19.1. The number of pyridine rings is 1. The van der Waals surface area contributed by atoms with E-state index in [0.29, 0.717) is 5.89 Å². The van der Waals surface area contributed by atoms with Crippen LogP contribution in [0.4, 0.5) is 4.39 Å². The smallest absolute Gasteiger partial charge is 0.252 e. The van der Waals surface area contributed by atoms with Gasteiger partial charge in [0.1, 0.15) is 5.82 Å². The van der Waals surface area contributed by atoms with Crippen molar-refractivity contribution in [1.82, 2.24) is 15.2 Å². The van der Waals surface area contributed by atoms with Gasteiger partial charge < -0.3 is 9.15 Å². The fraction of sp³-hybridized carbons (Fsp3) is 0.222. The summed E-state index contributed by atoms with van der Waals surface area (Å²) < 4.78 is 23.3. The zero-order valence-corrected chi connectivity index (χ0v) is 8.19. The van der Waals surface area contributed by atoms with Gasteiger partial charge in [-0.15, -0.1) is 10.2 Å². The van der Waals surface area contributed by atoms with Crippen molar-refractivity contribution in [2.75, 3.05) is 7.11 Å². The van der Waals surface area contributed by atoms with Crippen LogP contribution >= 0.6 is 0 Å². The van der Waals surface area contributed by atoms with Crippen LogP contribution in [0, 0.1) is 12.7 Å². The van der Waals surface area contributed by atoms with E-state index in [1.807, 2.05) is 0 Å². The summed E-state index contributed by atoms with van der Waals surface area (Å²) in [6.45, 7) is 1.63. The van der Waals surface area contributed by atoms with Gasteiger partial charge in [0.15, 0.2) is 0 Å². The minimum absolute atomic E-state index is 0.111. The van der Waals surface area contributed by atoms with Crippen LogP contribution in [0.3, 0.4) is 0 Å².